The van der Waals surface area contributed by atoms with E-state index in [0.717, 1.165) is 25.7 Å². The van der Waals surface area contributed by atoms with Crippen molar-refractivity contribution < 1.29 is 9.59 Å². The first-order valence-corrected chi connectivity index (χ1v) is 3.76. The summed E-state index contributed by atoms with van der Waals surface area (Å²) in [6.45, 7) is 0. The Hall–Kier alpha value is -1.06. The molecule has 1 aliphatic carbocycles. The van der Waals surface area contributed by atoms with Crippen molar-refractivity contribution in [2.75, 3.05) is 0 Å². The van der Waals surface area contributed by atoms with Crippen LogP contribution in [0, 0.1) is 0 Å². The lowest BCUT2D eigenvalue weighted by Gasteiger charge is -2.27. The van der Waals surface area contributed by atoms with Crippen molar-refractivity contribution >= 4 is 12.8 Å². The summed E-state index contributed by atoms with van der Waals surface area (Å²) in [7, 11) is 0. The predicted octanol–water partition coefficient (Wildman–Crippen LogP) is -0.251. The van der Waals surface area contributed by atoms with Crippen LogP contribution >= 0.6 is 0 Å². The lowest BCUT2D eigenvalue weighted by Crippen LogP contribution is -2.53. The van der Waals surface area contributed by atoms with Crippen molar-refractivity contribution in [1.29, 1.82) is 0 Å². The van der Waals surface area contributed by atoms with Crippen molar-refractivity contribution in [2.24, 2.45) is 0 Å². The molecule has 0 radical (unpaired) electrons. The average Bonchev–Trinajstić information content (AvgIpc) is 2.39. The first-order chi connectivity index (χ1) is 5.33. The van der Waals surface area contributed by atoms with Crippen LogP contribution in [0.2, 0.25) is 0 Å². The van der Waals surface area contributed by atoms with Crippen LogP contribution in [0.25, 0.3) is 0 Å². The minimum Gasteiger partial charge on any atom is -0.336 e. The summed E-state index contributed by atoms with van der Waals surface area (Å²) in [6, 6.07) is 0. The lowest BCUT2D eigenvalue weighted by atomic mass is 10.1. The maximum Gasteiger partial charge on any atom is 0.208 e. The SMILES string of the molecule is O=CNC1(NC=O)CCCC1. The molecule has 4 heteroatoms. The Balaban J connectivity index is 2.53. The van der Waals surface area contributed by atoms with Crippen molar-refractivity contribution in [3.8, 4) is 0 Å². The summed E-state index contributed by atoms with van der Waals surface area (Å²) in [5.41, 5.74) is -0.441. The molecule has 1 fully saturated rings. The average molecular weight is 156 g/mol. The van der Waals surface area contributed by atoms with E-state index < -0.39 is 5.66 Å². The van der Waals surface area contributed by atoms with Crippen molar-refractivity contribution in [3.63, 3.8) is 0 Å². The molecule has 4 nitrogen and oxygen atoms in total. The van der Waals surface area contributed by atoms with E-state index >= 15 is 0 Å². The zero-order valence-corrected chi connectivity index (χ0v) is 6.30. The van der Waals surface area contributed by atoms with Gasteiger partial charge in [-0.3, -0.25) is 9.59 Å². The van der Waals surface area contributed by atoms with Crippen LogP contribution in [0.1, 0.15) is 25.7 Å². The van der Waals surface area contributed by atoms with E-state index in [0.29, 0.717) is 12.8 Å². The third kappa shape index (κ3) is 1.69. The second-order valence-electron chi connectivity index (χ2n) is 2.81. The number of hydrogen-bond donors (Lipinski definition) is 2. The van der Waals surface area contributed by atoms with E-state index in [1.54, 1.807) is 0 Å². The van der Waals surface area contributed by atoms with Crippen LogP contribution in [-0.4, -0.2) is 18.5 Å². The summed E-state index contributed by atoms with van der Waals surface area (Å²) >= 11 is 0. The van der Waals surface area contributed by atoms with Gasteiger partial charge in [-0.15, -0.1) is 0 Å². The Kier molecular flexibility index (Phi) is 2.46. The van der Waals surface area contributed by atoms with Crippen molar-refractivity contribution in [2.45, 2.75) is 31.3 Å². The molecule has 0 unspecified atom stereocenters. The molecular weight excluding hydrogens is 144 g/mol. The summed E-state index contributed by atoms with van der Waals surface area (Å²) in [6.07, 6.45) is 5.07. The van der Waals surface area contributed by atoms with Crippen molar-refractivity contribution in [3.05, 3.63) is 0 Å². The molecule has 0 aliphatic heterocycles. The Bertz CT molecular complexity index is 141. The van der Waals surface area contributed by atoms with E-state index in [1.807, 2.05) is 0 Å². The molecule has 2 N–H and O–H groups in total. The van der Waals surface area contributed by atoms with Gasteiger partial charge in [0.05, 0.1) is 0 Å². The summed E-state index contributed by atoms with van der Waals surface area (Å²) in [4.78, 5) is 20.3. The normalized spacial score (nSPS) is 20.7. The highest BCUT2D eigenvalue weighted by molar-refractivity contribution is 5.53. The van der Waals surface area contributed by atoms with Crippen LogP contribution in [0.3, 0.4) is 0 Å². The predicted molar refractivity (Wildman–Crippen MR) is 39.6 cm³/mol. The van der Waals surface area contributed by atoms with Gasteiger partial charge in [0.2, 0.25) is 12.8 Å². The van der Waals surface area contributed by atoms with E-state index in [1.165, 1.54) is 0 Å². The first kappa shape index (κ1) is 8.04. The van der Waals surface area contributed by atoms with Gasteiger partial charge in [-0.2, -0.15) is 0 Å². The van der Waals surface area contributed by atoms with E-state index in [2.05, 4.69) is 10.6 Å². The maximum atomic E-state index is 10.2. The number of hydrogen-bond acceptors (Lipinski definition) is 2. The summed E-state index contributed by atoms with van der Waals surface area (Å²) in [5.74, 6) is 0. The Morgan fingerprint density at radius 2 is 1.45 bits per heavy atom. The second-order valence-corrected chi connectivity index (χ2v) is 2.81. The van der Waals surface area contributed by atoms with Gasteiger partial charge in [0.15, 0.2) is 0 Å². The molecule has 0 aromatic rings. The largest absolute Gasteiger partial charge is 0.336 e. The smallest absolute Gasteiger partial charge is 0.208 e. The van der Waals surface area contributed by atoms with Crippen LogP contribution in [0.5, 0.6) is 0 Å². The Labute approximate surface area is 65.3 Å². The summed E-state index contributed by atoms with van der Waals surface area (Å²) in [5, 5.41) is 5.27. The molecule has 1 saturated carbocycles. The quantitative estimate of drug-likeness (QED) is 0.435. The minimum absolute atomic E-state index is 0.441. The topological polar surface area (TPSA) is 58.2 Å². The van der Waals surface area contributed by atoms with Crippen LogP contribution in [0.4, 0.5) is 0 Å². The Morgan fingerprint density at radius 1 is 1.00 bits per heavy atom. The molecule has 62 valence electrons. The van der Waals surface area contributed by atoms with E-state index in [4.69, 9.17) is 0 Å². The third-order valence-corrected chi connectivity index (χ3v) is 2.13. The molecule has 0 aromatic carbocycles. The van der Waals surface area contributed by atoms with Gasteiger partial charge in [0.25, 0.3) is 0 Å². The van der Waals surface area contributed by atoms with Gasteiger partial charge in [-0.05, 0) is 25.7 Å². The van der Waals surface area contributed by atoms with Gasteiger partial charge in [-0.25, -0.2) is 0 Å². The fourth-order valence-electron chi connectivity index (χ4n) is 1.53. The fraction of sp³-hybridized carbons (Fsp3) is 0.714. The highest BCUT2D eigenvalue weighted by Gasteiger charge is 2.32. The monoisotopic (exact) mass is 156 g/mol. The molecule has 0 saturated heterocycles. The zero-order valence-electron chi connectivity index (χ0n) is 6.30. The molecule has 0 atom stereocenters. The second kappa shape index (κ2) is 3.37. The zero-order chi connectivity index (χ0) is 8.16. The maximum absolute atomic E-state index is 10.2. The third-order valence-electron chi connectivity index (χ3n) is 2.13. The van der Waals surface area contributed by atoms with Gasteiger partial charge in [-0.1, -0.05) is 0 Å². The number of rotatable bonds is 4. The number of carbonyl (C=O) groups is 2. The molecule has 0 spiro atoms. The first-order valence-electron chi connectivity index (χ1n) is 3.76. The van der Waals surface area contributed by atoms with Gasteiger partial charge in [0, 0.05) is 0 Å². The standard InChI is InChI=1S/C7H12N2O2/c10-5-8-7(9-6-11)3-1-2-4-7/h5-6H,1-4H2,(H,8,10)(H,9,11). The molecule has 11 heavy (non-hydrogen) atoms. The molecule has 0 bridgehead atoms. The van der Waals surface area contributed by atoms with E-state index in [9.17, 15) is 9.59 Å². The van der Waals surface area contributed by atoms with Crippen LogP contribution in [-0.2, 0) is 9.59 Å². The highest BCUT2D eigenvalue weighted by atomic mass is 16.1. The fourth-order valence-corrected chi connectivity index (χ4v) is 1.53. The number of nitrogens with one attached hydrogen (secondary N) is 2. The molecule has 1 rings (SSSR count). The summed E-state index contributed by atoms with van der Waals surface area (Å²) < 4.78 is 0. The molecular formula is C7H12N2O2. The number of amides is 2. The molecule has 1 aliphatic rings. The molecule has 0 aromatic heterocycles. The minimum atomic E-state index is -0.441. The molecule has 0 heterocycles. The highest BCUT2D eigenvalue weighted by Crippen LogP contribution is 2.25. The number of carbonyl (C=O) groups excluding carboxylic acids is 2. The lowest BCUT2D eigenvalue weighted by molar-refractivity contribution is -0.114. The van der Waals surface area contributed by atoms with E-state index in [-0.39, 0.29) is 0 Å². The van der Waals surface area contributed by atoms with Gasteiger partial charge < -0.3 is 10.6 Å². The molecule has 2 amide bonds. The van der Waals surface area contributed by atoms with Crippen molar-refractivity contribution in [1.82, 2.24) is 10.6 Å². The van der Waals surface area contributed by atoms with Crippen LogP contribution in [0.15, 0.2) is 0 Å². The van der Waals surface area contributed by atoms with Gasteiger partial charge >= 0.3 is 0 Å². The van der Waals surface area contributed by atoms with Gasteiger partial charge in [0.1, 0.15) is 5.66 Å². The Morgan fingerprint density at radius 3 is 1.82 bits per heavy atom. The van der Waals surface area contributed by atoms with Crippen LogP contribution < -0.4 is 10.6 Å².